The molecule has 0 saturated carbocycles. The lowest BCUT2D eigenvalue weighted by Gasteiger charge is -2.31. The second-order valence-corrected chi connectivity index (χ2v) is 10.1. The first-order chi connectivity index (χ1) is 18.4. The van der Waals surface area contributed by atoms with E-state index in [1.54, 1.807) is 10.3 Å². The number of aryl methyl sites for hydroxylation is 1. The zero-order valence-electron chi connectivity index (χ0n) is 20.3. The molecule has 0 aliphatic carbocycles. The number of alkyl halides is 3. The molecule has 1 fully saturated rings. The fourth-order valence-electron chi connectivity index (χ4n) is 4.57. The smallest absolute Gasteiger partial charge is 0.342 e. The van der Waals surface area contributed by atoms with Crippen LogP contribution in [0.3, 0.4) is 0 Å². The summed E-state index contributed by atoms with van der Waals surface area (Å²) < 4.78 is 106. The molecule has 0 atom stereocenters. The van der Waals surface area contributed by atoms with Crippen molar-refractivity contribution in [2.75, 3.05) is 13.1 Å². The maximum absolute atomic E-state index is 14.2. The molecule has 0 bridgehead atoms. The summed E-state index contributed by atoms with van der Waals surface area (Å²) in [6.07, 6.45) is -4.61. The van der Waals surface area contributed by atoms with Gasteiger partial charge in [0.05, 0.1) is 18.2 Å². The molecule has 0 radical (unpaired) electrons. The van der Waals surface area contributed by atoms with Gasteiger partial charge in [0, 0.05) is 41.2 Å². The van der Waals surface area contributed by atoms with E-state index in [-0.39, 0.29) is 24.1 Å². The molecule has 1 amide bonds. The minimum absolute atomic E-state index is 0.0165. The highest BCUT2D eigenvalue weighted by atomic mass is 32.1. The fourth-order valence-corrected chi connectivity index (χ4v) is 5.56. The Hall–Kier alpha value is -3.04. The van der Waals surface area contributed by atoms with Gasteiger partial charge in [-0.1, -0.05) is 0 Å². The molecule has 0 N–H and O–H groups in total. The van der Waals surface area contributed by atoms with Gasteiger partial charge in [0.2, 0.25) is 12.2 Å². The SMILES string of the molecule is Cc1cc(C(F)(F)F)nn1CC(=O)N1CCC(c2nc(C3OCc4c(F)c(F)c(F)c(F)c4CO3)cs2)CC1. The van der Waals surface area contributed by atoms with Crippen molar-refractivity contribution in [1.82, 2.24) is 19.7 Å². The molecule has 2 aliphatic rings. The number of amides is 1. The first-order valence-electron chi connectivity index (χ1n) is 11.9. The number of halogens is 7. The summed E-state index contributed by atoms with van der Waals surface area (Å²) in [6.45, 7) is 0.785. The maximum atomic E-state index is 14.2. The van der Waals surface area contributed by atoms with E-state index < -0.39 is 65.8 Å². The molecule has 210 valence electrons. The summed E-state index contributed by atoms with van der Waals surface area (Å²) in [5.74, 6) is -7.26. The number of hydrogen-bond acceptors (Lipinski definition) is 6. The second kappa shape index (κ2) is 10.5. The average Bonchev–Trinajstić information content (AvgIpc) is 3.47. The number of fused-ring (bicyclic) bond motifs is 1. The largest absolute Gasteiger partial charge is 0.435 e. The molecule has 2 aromatic heterocycles. The minimum atomic E-state index is -4.59. The van der Waals surface area contributed by atoms with Crippen LogP contribution in [0, 0.1) is 30.2 Å². The molecule has 0 unspecified atom stereocenters. The lowest BCUT2D eigenvalue weighted by molar-refractivity contribution is -0.155. The molecule has 7 nitrogen and oxygen atoms in total. The van der Waals surface area contributed by atoms with Gasteiger partial charge in [0.25, 0.3) is 0 Å². The number of aromatic nitrogens is 3. The van der Waals surface area contributed by atoms with E-state index in [2.05, 4.69) is 10.1 Å². The van der Waals surface area contributed by atoms with E-state index in [1.807, 2.05) is 0 Å². The molecule has 15 heteroatoms. The Balaban J connectivity index is 1.19. The molecule has 2 aliphatic heterocycles. The van der Waals surface area contributed by atoms with E-state index in [1.165, 1.54) is 18.3 Å². The van der Waals surface area contributed by atoms with Crippen molar-refractivity contribution in [1.29, 1.82) is 0 Å². The molecule has 3 aromatic rings. The van der Waals surface area contributed by atoms with E-state index in [9.17, 15) is 35.5 Å². The summed E-state index contributed by atoms with van der Waals surface area (Å²) in [5, 5.41) is 5.87. The average molecular weight is 579 g/mol. The Morgan fingerprint density at radius 2 is 1.62 bits per heavy atom. The molecular weight excluding hydrogens is 557 g/mol. The molecule has 1 aromatic carbocycles. The third kappa shape index (κ3) is 5.39. The number of piperidine rings is 1. The summed E-state index contributed by atoms with van der Waals surface area (Å²) in [7, 11) is 0. The fraction of sp³-hybridized carbons (Fsp3) is 0.458. The molecular formula is C24H21F7N4O3S. The maximum Gasteiger partial charge on any atom is 0.435 e. The Morgan fingerprint density at radius 3 is 2.15 bits per heavy atom. The first-order valence-corrected chi connectivity index (χ1v) is 12.7. The summed E-state index contributed by atoms with van der Waals surface area (Å²) in [5.41, 5.74) is -1.40. The summed E-state index contributed by atoms with van der Waals surface area (Å²) in [6, 6.07) is 0.892. The van der Waals surface area contributed by atoms with Crippen LogP contribution in [0.2, 0.25) is 0 Å². The summed E-state index contributed by atoms with van der Waals surface area (Å²) in [4.78, 5) is 18.8. The number of thiazole rings is 1. The lowest BCUT2D eigenvalue weighted by atomic mass is 9.97. The monoisotopic (exact) mass is 578 g/mol. The Bertz CT molecular complexity index is 1360. The molecule has 0 spiro atoms. The van der Waals surface area contributed by atoms with Crippen molar-refractivity contribution < 1.29 is 45.0 Å². The lowest BCUT2D eigenvalue weighted by Crippen LogP contribution is -2.40. The van der Waals surface area contributed by atoms with E-state index >= 15 is 0 Å². The summed E-state index contributed by atoms with van der Waals surface area (Å²) >= 11 is 1.31. The normalized spacial score (nSPS) is 17.4. The van der Waals surface area contributed by atoms with Gasteiger partial charge >= 0.3 is 6.18 Å². The van der Waals surface area contributed by atoms with Gasteiger partial charge in [0.15, 0.2) is 29.0 Å². The van der Waals surface area contributed by atoms with Crippen molar-refractivity contribution in [3.8, 4) is 0 Å². The third-order valence-corrected chi connectivity index (χ3v) is 7.79. The quantitative estimate of drug-likeness (QED) is 0.237. The topological polar surface area (TPSA) is 69.5 Å². The number of carbonyl (C=O) groups is 1. The predicted octanol–water partition coefficient (Wildman–Crippen LogP) is 5.38. The number of rotatable bonds is 4. The third-order valence-electron chi connectivity index (χ3n) is 6.77. The Labute approximate surface area is 221 Å². The Kier molecular flexibility index (Phi) is 7.41. The number of hydrogen-bond donors (Lipinski definition) is 0. The van der Waals surface area contributed by atoms with E-state index in [0.717, 1.165) is 15.8 Å². The molecule has 5 rings (SSSR count). The van der Waals surface area contributed by atoms with Crippen LogP contribution >= 0.6 is 11.3 Å². The van der Waals surface area contributed by atoms with Gasteiger partial charge < -0.3 is 14.4 Å². The van der Waals surface area contributed by atoms with Crippen LogP contribution < -0.4 is 0 Å². The van der Waals surface area contributed by atoms with Gasteiger partial charge in [-0.25, -0.2) is 22.5 Å². The predicted molar refractivity (Wildman–Crippen MR) is 121 cm³/mol. The van der Waals surface area contributed by atoms with Crippen molar-refractivity contribution in [3.63, 3.8) is 0 Å². The number of benzene rings is 1. The van der Waals surface area contributed by atoms with E-state index in [0.29, 0.717) is 31.6 Å². The highest BCUT2D eigenvalue weighted by Crippen LogP contribution is 2.36. The van der Waals surface area contributed by atoms with Crippen molar-refractivity contribution in [2.24, 2.45) is 0 Å². The number of nitrogens with zero attached hydrogens (tertiary/aromatic N) is 4. The van der Waals surface area contributed by atoms with Gasteiger partial charge in [-0.3, -0.25) is 9.48 Å². The van der Waals surface area contributed by atoms with Gasteiger partial charge in [-0.15, -0.1) is 11.3 Å². The zero-order chi connectivity index (χ0) is 28.1. The van der Waals surface area contributed by atoms with Crippen LogP contribution in [0.25, 0.3) is 0 Å². The first kappa shape index (κ1) is 27.5. The van der Waals surface area contributed by atoms with Crippen LogP contribution in [0.1, 0.15) is 58.3 Å². The van der Waals surface area contributed by atoms with Crippen molar-refractivity contribution in [3.05, 3.63) is 67.9 Å². The number of likely N-dealkylation sites (tertiary alicyclic amines) is 1. The number of ether oxygens (including phenoxy) is 2. The van der Waals surface area contributed by atoms with Crippen LogP contribution in [0.15, 0.2) is 11.4 Å². The van der Waals surface area contributed by atoms with Crippen molar-refractivity contribution in [2.45, 2.75) is 57.9 Å². The van der Waals surface area contributed by atoms with Crippen molar-refractivity contribution >= 4 is 17.2 Å². The highest BCUT2D eigenvalue weighted by molar-refractivity contribution is 7.09. The standard InChI is InChI=1S/C24H21F7N4O3S/c1-11-6-16(24(29,30)31)33-35(11)7-17(36)34-4-2-12(3-5-34)22-32-15(10-39-22)23-37-8-13-14(9-38-23)19(26)21(28)20(27)18(13)25/h6,10,12,23H,2-5,7-9H2,1H3. The Morgan fingerprint density at radius 1 is 1.03 bits per heavy atom. The van der Waals surface area contributed by atoms with Gasteiger partial charge in [0.1, 0.15) is 12.2 Å². The molecule has 4 heterocycles. The van der Waals surface area contributed by atoms with Gasteiger partial charge in [-0.2, -0.15) is 18.3 Å². The van der Waals surface area contributed by atoms with Crippen LogP contribution in [0.5, 0.6) is 0 Å². The van der Waals surface area contributed by atoms with Crippen LogP contribution in [-0.4, -0.2) is 38.7 Å². The van der Waals surface area contributed by atoms with Crippen LogP contribution in [0.4, 0.5) is 30.7 Å². The number of carbonyl (C=O) groups excluding carboxylic acids is 1. The zero-order valence-corrected chi connectivity index (χ0v) is 21.1. The van der Waals surface area contributed by atoms with E-state index in [4.69, 9.17) is 9.47 Å². The highest BCUT2D eigenvalue weighted by Gasteiger charge is 2.35. The second-order valence-electron chi connectivity index (χ2n) is 9.26. The van der Waals surface area contributed by atoms with Crippen LogP contribution in [-0.2, 0) is 40.2 Å². The minimum Gasteiger partial charge on any atom is -0.342 e. The molecule has 1 saturated heterocycles. The van der Waals surface area contributed by atoms with Gasteiger partial charge in [-0.05, 0) is 25.8 Å². The molecule has 39 heavy (non-hydrogen) atoms.